The SMILES string of the molecule is O=C=NS(N=C=O)(c1ccccc1)c1ccccc1. The number of nitrogens with zero attached hydrogens (tertiary/aromatic N) is 2. The lowest BCUT2D eigenvalue weighted by Gasteiger charge is -2.27. The van der Waals surface area contributed by atoms with Crippen LogP contribution >= 0.6 is 10.4 Å². The van der Waals surface area contributed by atoms with Crippen molar-refractivity contribution in [2.24, 2.45) is 8.80 Å². The Balaban J connectivity index is 2.75. The van der Waals surface area contributed by atoms with Crippen molar-refractivity contribution in [3.63, 3.8) is 0 Å². The Morgan fingerprint density at radius 3 is 1.37 bits per heavy atom. The van der Waals surface area contributed by atoms with E-state index in [9.17, 15) is 9.59 Å². The zero-order chi connectivity index (χ0) is 13.6. The van der Waals surface area contributed by atoms with Gasteiger partial charge in [0.1, 0.15) is 0 Å². The van der Waals surface area contributed by atoms with Crippen molar-refractivity contribution in [2.45, 2.75) is 9.79 Å². The normalized spacial score (nSPS) is 10.9. The van der Waals surface area contributed by atoms with E-state index in [1.807, 2.05) is 12.1 Å². The van der Waals surface area contributed by atoms with Crippen molar-refractivity contribution in [3.8, 4) is 0 Å². The summed E-state index contributed by atoms with van der Waals surface area (Å²) in [7, 11) is -2.45. The standard InChI is InChI=1S/C14H10N2O2S/c17-11-15-19(16-12-18,13-7-3-1-4-8-13)14-9-5-2-6-10-14/h1-10H. The van der Waals surface area contributed by atoms with E-state index in [1.54, 1.807) is 48.5 Å². The minimum atomic E-state index is -2.45. The Kier molecular flexibility index (Phi) is 4.06. The molecule has 2 rings (SSSR count). The molecule has 0 spiro atoms. The molecule has 0 heterocycles. The van der Waals surface area contributed by atoms with Crippen molar-refractivity contribution in [2.75, 3.05) is 0 Å². The van der Waals surface area contributed by atoms with E-state index in [4.69, 9.17) is 0 Å². The summed E-state index contributed by atoms with van der Waals surface area (Å²) in [6, 6.07) is 18.0. The molecule has 0 amide bonds. The predicted molar refractivity (Wildman–Crippen MR) is 73.3 cm³/mol. The zero-order valence-electron chi connectivity index (χ0n) is 9.89. The van der Waals surface area contributed by atoms with Crippen LogP contribution in [0.5, 0.6) is 0 Å². The lowest BCUT2D eigenvalue weighted by atomic mass is 10.4. The van der Waals surface area contributed by atoms with Crippen LogP contribution in [0.15, 0.2) is 79.3 Å². The van der Waals surface area contributed by atoms with Gasteiger partial charge in [-0.15, -0.1) is 8.80 Å². The first-order valence-corrected chi connectivity index (χ1v) is 7.00. The van der Waals surface area contributed by atoms with Crippen molar-refractivity contribution in [1.29, 1.82) is 0 Å². The zero-order valence-corrected chi connectivity index (χ0v) is 10.7. The molecular formula is C14H10N2O2S. The van der Waals surface area contributed by atoms with E-state index in [1.165, 1.54) is 12.2 Å². The van der Waals surface area contributed by atoms with E-state index in [0.29, 0.717) is 9.79 Å². The number of hydrogen-bond acceptors (Lipinski definition) is 4. The van der Waals surface area contributed by atoms with E-state index in [2.05, 4.69) is 8.80 Å². The molecule has 0 aliphatic carbocycles. The summed E-state index contributed by atoms with van der Waals surface area (Å²) in [5, 5.41) is 0. The van der Waals surface area contributed by atoms with Gasteiger partial charge in [-0.05, 0) is 24.3 Å². The van der Waals surface area contributed by atoms with Gasteiger partial charge in [-0.3, -0.25) is 0 Å². The molecule has 19 heavy (non-hydrogen) atoms. The van der Waals surface area contributed by atoms with Gasteiger partial charge in [-0.1, -0.05) is 36.4 Å². The molecule has 0 saturated carbocycles. The number of rotatable bonds is 4. The minimum absolute atomic E-state index is 0.688. The van der Waals surface area contributed by atoms with E-state index in [-0.39, 0.29) is 0 Å². The second-order valence-corrected chi connectivity index (χ2v) is 5.95. The first-order chi connectivity index (χ1) is 9.33. The Morgan fingerprint density at radius 1 is 0.684 bits per heavy atom. The molecule has 0 unspecified atom stereocenters. The molecule has 0 fully saturated rings. The number of carbonyl (C=O) groups excluding carboxylic acids is 2. The van der Waals surface area contributed by atoms with Crippen molar-refractivity contribution < 1.29 is 9.59 Å². The average Bonchev–Trinajstić information content (AvgIpc) is 2.49. The monoisotopic (exact) mass is 270 g/mol. The molecule has 0 aliphatic heterocycles. The van der Waals surface area contributed by atoms with Crippen LogP contribution in [0.2, 0.25) is 0 Å². The first kappa shape index (κ1) is 13.0. The molecule has 5 heteroatoms. The summed E-state index contributed by atoms with van der Waals surface area (Å²) < 4.78 is 7.67. The van der Waals surface area contributed by atoms with E-state index in [0.717, 1.165) is 0 Å². The molecule has 2 aromatic carbocycles. The molecule has 0 saturated heterocycles. The van der Waals surface area contributed by atoms with Crippen LogP contribution in [-0.2, 0) is 9.59 Å². The number of isocyanates is 2. The van der Waals surface area contributed by atoms with Crippen molar-refractivity contribution >= 4 is 22.6 Å². The van der Waals surface area contributed by atoms with Gasteiger partial charge in [0.15, 0.2) is 0 Å². The van der Waals surface area contributed by atoms with Gasteiger partial charge < -0.3 is 0 Å². The molecule has 0 bridgehead atoms. The van der Waals surface area contributed by atoms with Crippen LogP contribution in [-0.4, -0.2) is 12.2 Å². The maximum atomic E-state index is 10.8. The summed E-state index contributed by atoms with van der Waals surface area (Å²) in [4.78, 5) is 22.9. The highest BCUT2D eigenvalue weighted by Gasteiger charge is 2.28. The van der Waals surface area contributed by atoms with Gasteiger partial charge in [0.2, 0.25) is 12.2 Å². The van der Waals surface area contributed by atoms with Crippen LogP contribution in [0, 0.1) is 0 Å². The lowest BCUT2D eigenvalue weighted by Crippen LogP contribution is -1.96. The second-order valence-electron chi connectivity index (χ2n) is 3.54. The third-order valence-electron chi connectivity index (χ3n) is 2.48. The van der Waals surface area contributed by atoms with Crippen LogP contribution in [0.25, 0.3) is 0 Å². The van der Waals surface area contributed by atoms with Gasteiger partial charge in [0, 0.05) is 20.2 Å². The summed E-state index contributed by atoms with van der Waals surface area (Å²) in [5.41, 5.74) is 0. The summed E-state index contributed by atoms with van der Waals surface area (Å²) in [5.74, 6) is 0. The van der Waals surface area contributed by atoms with Crippen LogP contribution in [0.1, 0.15) is 0 Å². The van der Waals surface area contributed by atoms with Crippen LogP contribution in [0.3, 0.4) is 0 Å². The first-order valence-electron chi connectivity index (χ1n) is 5.45. The summed E-state index contributed by atoms with van der Waals surface area (Å²) >= 11 is 0. The third-order valence-corrected chi connectivity index (χ3v) is 5.02. The largest absolute Gasteiger partial charge is 0.248 e. The van der Waals surface area contributed by atoms with Gasteiger partial charge in [0.25, 0.3) is 0 Å². The molecule has 0 aromatic heterocycles. The van der Waals surface area contributed by atoms with E-state index < -0.39 is 10.4 Å². The maximum Gasteiger partial charge on any atom is 0.248 e. The Bertz CT molecular complexity index is 586. The molecule has 0 aliphatic rings. The summed E-state index contributed by atoms with van der Waals surface area (Å²) in [6.07, 6.45) is 3.06. The Hall–Kier alpha value is -2.45. The second kappa shape index (κ2) is 5.94. The van der Waals surface area contributed by atoms with Crippen molar-refractivity contribution in [1.82, 2.24) is 0 Å². The smallest absolute Gasteiger partial charge is 0.210 e. The maximum absolute atomic E-state index is 10.8. The van der Waals surface area contributed by atoms with Gasteiger partial charge >= 0.3 is 0 Å². The van der Waals surface area contributed by atoms with Crippen molar-refractivity contribution in [3.05, 3.63) is 60.7 Å². The molecule has 4 nitrogen and oxygen atoms in total. The molecule has 94 valence electrons. The fraction of sp³-hybridized carbons (Fsp3) is 0. The highest BCUT2D eigenvalue weighted by Crippen LogP contribution is 2.64. The third kappa shape index (κ3) is 2.54. The highest BCUT2D eigenvalue weighted by molar-refractivity contribution is 8.31. The summed E-state index contributed by atoms with van der Waals surface area (Å²) in [6.45, 7) is 0. The molecule has 0 N–H and O–H groups in total. The average molecular weight is 270 g/mol. The van der Waals surface area contributed by atoms with Crippen LogP contribution in [0.4, 0.5) is 0 Å². The highest BCUT2D eigenvalue weighted by atomic mass is 32.3. The van der Waals surface area contributed by atoms with Gasteiger partial charge in [-0.25, -0.2) is 9.59 Å². The van der Waals surface area contributed by atoms with Gasteiger partial charge in [-0.2, -0.15) is 0 Å². The Labute approximate surface area is 112 Å². The van der Waals surface area contributed by atoms with E-state index >= 15 is 0 Å². The minimum Gasteiger partial charge on any atom is -0.210 e. The quantitative estimate of drug-likeness (QED) is 0.631. The lowest BCUT2D eigenvalue weighted by molar-refractivity contribution is 0.566. The molecule has 2 aromatic rings. The fourth-order valence-electron chi connectivity index (χ4n) is 1.70. The van der Waals surface area contributed by atoms with Crippen LogP contribution < -0.4 is 0 Å². The van der Waals surface area contributed by atoms with Gasteiger partial charge in [0.05, 0.1) is 0 Å². The molecule has 0 radical (unpaired) electrons. The molecular weight excluding hydrogens is 260 g/mol. The predicted octanol–water partition coefficient (Wildman–Crippen LogP) is 3.41. The Morgan fingerprint density at radius 2 is 1.05 bits per heavy atom. The number of hydrogen-bond donors (Lipinski definition) is 0. The fourth-order valence-corrected chi connectivity index (χ4v) is 3.72. The topological polar surface area (TPSA) is 58.9 Å². The molecule has 0 atom stereocenters. The number of benzene rings is 2.